The van der Waals surface area contributed by atoms with Crippen LogP contribution in [0, 0.1) is 0 Å². The smallest absolute Gasteiger partial charge is 0.250 e. The molecule has 230 valence electrons. The Kier molecular flexibility index (Phi) is 9.95. The van der Waals surface area contributed by atoms with Crippen LogP contribution in [-0.4, -0.2) is 16.6 Å². The zero-order valence-corrected chi connectivity index (χ0v) is 31.1. The second-order valence-corrected chi connectivity index (χ2v) is 24.6. The van der Waals surface area contributed by atoms with Gasteiger partial charge in [0.1, 0.15) is 11.5 Å². The minimum absolute atomic E-state index is 0.118. The molecule has 0 saturated heterocycles. The lowest BCUT2D eigenvalue weighted by atomic mass is 9.88. The number of rotatable bonds is 13. The van der Waals surface area contributed by atoms with Gasteiger partial charge in [-0.3, -0.25) is 0 Å². The molecule has 0 amide bonds. The fraction of sp³-hybridized carbons (Fsp3) is 0.556. The Morgan fingerprint density at radius 3 is 1.29 bits per heavy atom. The highest BCUT2D eigenvalue weighted by Crippen LogP contribution is 2.55. The average molecular weight is 644 g/mol. The van der Waals surface area contributed by atoms with Crippen molar-refractivity contribution < 1.29 is 8.85 Å². The molecule has 0 fully saturated rings. The van der Waals surface area contributed by atoms with E-state index in [0.717, 1.165) is 71.2 Å². The summed E-state index contributed by atoms with van der Waals surface area (Å²) in [4.78, 5) is 0. The molecule has 0 spiro atoms. The molecule has 0 aromatic heterocycles. The van der Waals surface area contributed by atoms with Gasteiger partial charge in [-0.1, -0.05) is 126 Å². The third kappa shape index (κ3) is 6.21. The molecule has 42 heavy (non-hydrogen) atoms. The van der Waals surface area contributed by atoms with Crippen molar-refractivity contribution in [3.8, 4) is 0 Å². The fourth-order valence-corrected chi connectivity index (χ4v) is 11.3. The van der Waals surface area contributed by atoms with Crippen molar-refractivity contribution in [1.29, 1.82) is 0 Å². The summed E-state index contributed by atoms with van der Waals surface area (Å²) in [5, 5.41) is 1.84. The molecule has 0 N–H and O–H groups in total. The van der Waals surface area contributed by atoms with E-state index in [1.54, 1.807) is 0 Å². The molecule has 2 aliphatic rings. The molecule has 2 aliphatic carbocycles. The molecule has 0 aliphatic heterocycles. The second-order valence-electron chi connectivity index (χ2n) is 14.7. The number of allylic oxidation sites excluding steroid dienone is 2. The average Bonchev–Trinajstić information content (AvgIpc) is 3.32. The van der Waals surface area contributed by atoms with Crippen LogP contribution in [0.5, 0.6) is 0 Å². The fourth-order valence-electron chi connectivity index (χ4n) is 6.67. The third-order valence-electron chi connectivity index (χ3n) is 10.7. The van der Waals surface area contributed by atoms with Crippen LogP contribution in [0.25, 0.3) is 10.1 Å². The van der Waals surface area contributed by atoms with Crippen LogP contribution in [0.1, 0.15) is 114 Å². The van der Waals surface area contributed by atoms with Crippen LogP contribution in [0.3, 0.4) is 0 Å². The molecule has 4 rings (SSSR count). The normalized spacial score (nSPS) is 19.3. The number of hydrogen-bond donors (Lipinski definition) is 0. The molecule has 0 bridgehead atoms. The molecule has 2 atom stereocenters. The zero-order chi connectivity index (χ0) is 31.1. The van der Waals surface area contributed by atoms with Crippen LogP contribution in [0.2, 0.25) is 36.3 Å². The first-order chi connectivity index (χ1) is 19.6. The molecular weight excluding hydrogens is 591 g/mol. The quantitative estimate of drug-likeness (QED) is 0.202. The van der Waals surface area contributed by atoms with Crippen molar-refractivity contribution in [2.24, 2.45) is 0 Å². The van der Waals surface area contributed by atoms with Crippen molar-refractivity contribution in [3.05, 3.63) is 82.3 Å². The number of halogens is 2. The van der Waals surface area contributed by atoms with Gasteiger partial charge in [0.05, 0.1) is 10.1 Å². The van der Waals surface area contributed by atoms with Gasteiger partial charge in [0.15, 0.2) is 0 Å². The number of hydrogen-bond acceptors (Lipinski definition) is 2. The van der Waals surface area contributed by atoms with Gasteiger partial charge in [0.2, 0.25) is 16.6 Å². The van der Waals surface area contributed by atoms with E-state index in [-0.39, 0.29) is 21.9 Å². The zero-order valence-electron chi connectivity index (χ0n) is 27.6. The highest BCUT2D eigenvalue weighted by molar-refractivity contribution is 6.75. The van der Waals surface area contributed by atoms with Crippen molar-refractivity contribution in [2.75, 3.05) is 0 Å². The predicted octanol–water partition coefficient (Wildman–Crippen LogP) is 12.8. The molecule has 2 aromatic carbocycles. The Morgan fingerprint density at radius 1 is 0.619 bits per heavy atom. The maximum atomic E-state index is 7.16. The maximum Gasteiger partial charge on any atom is 0.250 e. The molecule has 0 heterocycles. The summed E-state index contributed by atoms with van der Waals surface area (Å²) in [6, 6.07) is 17.2. The number of fused-ring (bicyclic) bond motifs is 2. The van der Waals surface area contributed by atoms with Crippen molar-refractivity contribution in [1.82, 2.24) is 0 Å². The highest BCUT2D eigenvalue weighted by Gasteiger charge is 2.47. The van der Waals surface area contributed by atoms with Crippen LogP contribution < -0.4 is 0 Å². The van der Waals surface area contributed by atoms with Gasteiger partial charge < -0.3 is 8.85 Å². The van der Waals surface area contributed by atoms with Gasteiger partial charge in [0, 0.05) is 23.0 Å². The van der Waals surface area contributed by atoms with E-state index in [1.807, 2.05) is 0 Å². The van der Waals surface area contributed by atoms with E-state index in [2.05, 4.69) is 116 Å². The predicted molar refractivity (Wildman–Crippen MR) is 188 cm³/mol. The van der Waals surface area contributed by atoms with Crippen molar-refractivity contribution in [2.45, 2.75) is 128 Å². The van der Waals surface area contributed by atoms with Gasteiger partial charge in [-0.15, -0.1) is 0 Å². The highest BCUT2D eigenvalue weighted by atomic mass is 35.5. The Hall–Kier alpha value is -1.47. The maximum absolute atomic E-state index is 7.16. The molecular formula is C36H52Cl2O2Si2. The molecule has 2 aromatic rings. The molecule has 0 radical (unpaired) electrons. The van der Waals surface area contributed by atoms with E-state index in [0.29, 0.717) is 0 Å². The third-order valence-corrected chi connectivity index (χ3v) is 20.0. The van der Waals surface area contributed by atoms with E-state index >= 15 is 0 Å². The lowest BCUT2D eigenvalue weighted by Gasteiger charge is -2.41. The Balaban J connectivity index is 1.68. The summed E-state index contributed by atoms with van der Waals surface area (Å²) < 4.78 is 14.3. The summed E-state index contributed by atoms with van der Waals surface area (Å²) >= 11 is 14.3. The topological polar surface area (TPSA) is 18.5 Å². The molecule has 2 nitrogen and oxygen atoms in total. The molecule has 0 saturated carbocycles. The van der Waals surface area contributed by atoms with E-state index < -0.39 is 16.6 Å². The first-order valence-electron chi connectivity index (χ1n) is 15.9. The van der Waals surface area contributed by atoms with E-state index in [1.165, 1.54) is 11.1 Å². The number of benzene rings is 2. The van der Waals surface area contributed by atoms with E-state index in [9.17, 15) is 0 Å². The monoisotopic (exact) mass is 642 g/mol. The summed E-state index contributed by atoms with van der Waals surface area (Å²) in [6.07, 6.45) is 6.41. The van der Waals surface area contributed by atoms with Crippen LogP contribution >= 0.6 is 23.2 Å². The van der Waals surface area contributed by atoms with Gasteiger partial charge >= 0.3 is 0 Å². The Labute approximate surface area is 268 Å². The second kappa shape index (κ2) is 12.5. The largest absolute Gasteiger partial charge is 0.545 e. The minimum Gasteiger partial charge on any atom is -0.545 e. The standard InChI is InChI=1S/C36H52Cl2O2Si2/c1-11-23-35(3,4)41(7,8)39-33-29(25-17-13-15-19-27(25)31(33)37)21-22-30-26-18-14-16-20-28(26)32(38)34(30)40-42(9,10)36(5,6)24-12-2/h13-20,29-30H,11-12,21-24H2,1-10H3. The first kappa shape index (κ1) is 33.4. The summed E-state index contributed by atoms with van der Waals surface area (Å²) in [7, 11) is -4.27. The van der Waals surface area contributed by atoms with Gasteiger partial charge in [0.25, 0.3) is 0 Å². The lowest BCUT2D eigenvalue weighted by molar-refractivity contribution is 0.321. The van der Waals surface area contributed by atoms with Crippen molar-refractivity contribution >= 4 is 49.9 Å². The lowest BCUT2D eigenvalue weighted by Crippen LogP contribution is -2.42. The summed E-state index contributed by atoms with van der Waals surface area (Å²) in [5.74, 6) is 2.18. The van der Waals surface area contributed by atoms with Gasteiger partial charge in [-0.05, 0) is 73.1 Å². The molecule has 2 unspecified atom stereocenters. The Morgan fingerprint density at radius 2 is 0.952 bits per heavy atom. The van der Waals surface area contributed by atoms with Crippen molar-refractivity contribution in [3.63, 3.8) is 0 Å². The van der Waals surface area contributed by atoms with Gasteiger partial charge in [-0.25, -0.2) is 0 Å². The SMILES string of the molecule is CCCC(C)(C)[Si](C)(C)OC1=C(Cl)c2ccccc2C1CCC1C(O[Si](C)(C)C(C)(C)CCC)=C(Cl)c2ccccc21. The first-order valence-corrected chi connectivity index (χ1v) is 22.5. The van der Waals surface area contributed by atoms with Gasteiger partial charge in [-0.2, -0.15) is 0 Å². The van der Waals surface area contributed by atoms with E-state index in [4.69, 9.17) is 32.1 Å². The van der Waals surface area contributed by atoms with Crippen LogP contribution in [0.15, 0.2) is 60.0 Å². The molecule has 6 heteroatoms. The summed E-state index contributed by atoms with van der Waals surface area (Å²) in [5.41, 5.74) is 4.78. The van der Waals surface area contributed by atoms with Crippen LogP contribution in [-0.2, 0) is 8.85 Å². The van der Waals surface area contributed by atoms with Crippen LogP contribution in [0.4, 0.5) is 0 Å². The Bertz CT molecular complexity index is 1250. The summed E-state index contributed by atoms with van der Waals surface area (Å²) in [6.45, 7) is 23.4. The minimum atomic E-state index is -2.13.